The maximum absolute atomic E-state index is 13.0. The number of para-hydroxylation sites is 2. The summed E-state index contributed by atoms with van der Waals surface area (Å²) in [6.45, 7) is 2.63. The number of anilines is 1. The van der Waals surface area contributed by atoms with E-state index in [1.807, 2.05) is 42.5 Å². The van der Waals surface area contributed by atoms with Gasteiger partial charge in [-0.1, -0.05) is 37.3 Å². The molecule has 0 radical (unpaired) electrons. The fraction of sp³-hybridized carbons (Fsp3) is 0.263. The number of fused-ring (bicyclic) bond motifs is 1. The van der Waals surface area contributed by atoms with Crippen molar-refractivity contribution in [2.75, 3.05) is 11.4 Å². The number of aromatic nitrogens is 4. The highest BCUT2D eigenvalue weighted by Crippen LogP contribution is 2.37. The van der Waals surface area contributed by atoms with Gasteiger partial charge >= 0.3 is 5.69 Å². The van der Waals surface area contributed by atoms with Gasteiger partial charge in [0, 0.05) is 16.7 Å². The van der Waals surface area contributed by atoms with E-state index in [9.17, 15) is 9.59 Å². The molecule has 8 heteroatoms. The molecule has 138 valence electrons. The fourth-order valence-electron chi connectivity index (χ4n) is 3.06. The van der Waals surface area contributed by atoms with E-state index in [1.54, 1.807) is 28.8 Å². The summed E-state index contributed by atoms with van der Waals surface area (Å²) >= 11 is 1.77. The summed E-state index contributed by atoms with van der Waals surface area (Å²) in [4.78, 5) is 28.4. The second-order valence-electron chi connectivity index (χ2n) is 6.40. The van der Waals surface area contributed by atoms with Crippen LogP contribution in [0, 0.1) is 0 Å². The van der Waals surface area contributed by atoms with Crippen molar-refractivity contribution in [2.24, 2.45) is 0 Å². The molecule has 0 saturated carbocycles. The number of tetrazole rings is 1. The molecule has 0 spiro atoms. The van der Waals surface area contributed by atoms with Crippen molar-refractivity contribution in [1.82, 2.24) is 19.8 Å². The number of thioether (sulfide) groups is 1. The standard InChI is InChI=1S/C19H19N5O2S/c1-14-11-12-22(16-9-5-6-10-17(16)27-14)18(25)13-23-19(26)24(21-20-23)15-7-3-2-4-8-15/h2-10,14H,11-13H2,1H3/t14-/m0/s1. The van der Waals surface area contributed by atoms with Crippen molar-refractivity contribution in [3.05, 3.63) is 65.1 Å². The maximum atomic E-state index is 13.0. The molecule has 1 atom stereocenters. The molecule has 2 aromatic carbocycles. The Morgan fingerprint density at radius 1 is 1.11 bits per heavy atom. The van der Waals surface area contributed by atoms with Crippen LogP contribution in [0.3, 0.4) is 0 Å². The lowest BCUT2D eigenvalue weighted by Crippen LogP contribution is -2.38. The predicted octanol–water partition coefficient (Wildman–Crippen LogP) is 2.35. The molecule has 7 nitrogen and oxygen atoms in total. The number of nitrogens with zero attached hydrogens (tertiary/aromatic N) is 5. The first kappa shape index (κ1) is 17.5. The van der Waals surface area contributed by atoms with Crippen LogP contribution in [0.2, 0.25) is 0 Å². The molecule has 1 aromatic heterocycles. The number of benzene rings is 2. The van der Waals surface area contributed by atoms with Crippen LogP contribution < -0.4 is 10.6 Å². The van der Waals surface area contributed by atoms with Gasteiger partial charge < -0.3 is 4.90 Å². The molecule has 0 N–H and O–H groups in total. The molecule has 0 aliphatic carbocycles. The van der Waals surface area contributed by atoms with E-state index in [-0.39, 0.29) is 12.5 Å². The van der Waals surface area contributed by atoms with Crippen LogP contribution in [0.15, 0.2) is 64.3 Å². The van der Waals surface area contributed by atoms with Gasteiger partial charge in [0.15, 0.2) is 0 Å². The minimum Gasteiger partial charge on any atom is -0.310 e. The first-order chi connectivity index (χ1) is 13.1. The highest BCUT2D eigenvalue weighted by Gasteiger charge is 2.25. The van der Waals surface area contributed by atoms with Gasteiger partial charge in [0.25, 0.3) is 0 Å². The molecule has 27 heavy (non-hydrogen) atoms. The van der Waals surface area contributed by atoms with E-state index < -0.39 is 5.69 Å². The maximum Gasteiger partial charge on any atom is 0.368 e. The molecule has 2 heterocycles. The zero-order valence-corrected chi connectivity index (χ0v) is 15.7. The summed E-state index contributed by atoms with van der Waals surface area (Å²) in [7, 11) is 0. The van der Waals surface area contributed by atoms with E-state index in [4.69, 9.17) is 0 Å². The Balaban J connectivity index is 1.60. The lowest BCUT2D eigenvalue weighted by atomic mass is 10.2. The van der Waals surface area contributed by atoms with Gasteiger partial charge in [0.1, 0.15) is 6.54 Å². The van der Waals surface area contributed by atoms with Crippen LogP contribution in [-0.2, 0) is 11.3 Å². The molecule has 3 aromatic rings. The summed E-state index contributed by atoms with van der Waals surface area (Å²) in [6, 6.07) is 16.9. The van der Waals surface area contributed by atoms with Crippen molar-refractivity contribution in [1.29, 1.82) is 0 Å². The van der Waals surface area contributed by atoms with Crippen molar-refractivity contribution >= 4 is 23.4 Å². The van der Waals surface area contributed by atoms with Crippen LogP contribution in [-0.4, -0.2) is 37.5 Å². The van der Waals surface area contributed by atoms with Gasteiger partial charge in [-0.3, -0.25) is 4.79 Å². The second kappa shape index (κ2) is 7.40. The smallest absolute Gasteiger partial charge is 0.310 e. The van der Waals surface area contributed by atoms with Crippen LogP contribution >= 0.6 is 11.8 Å². The van der Waals surface area contributed by atoms with Gasteiger partial charge in [-0.25, -0.2) is 4.79 Å². The largest absolute Gasteiger partial charge is 0.368 e. The van der Waals surface area contributed by atoms with Gasteiger partial charge in [0.2, 0.25) is 5.91 Å². The molecule has 0 unspecified atom stereocenters. The summed E-state index contributed by atoms with van der Waals surface area (Å²) in [5, 5.41) is 8.21. The summed E-state index contributed by atoms with van der Waals surface area (Å²) < 4.78 is 2.31. The first-order valence-corrected chi connectivity index (χ1v) is 9.66. The Labute approximate surface area is 160 Å². The number of amides is 1. The Kier molecular flexibility index (Phi) is 4.81. The molecule has 1 amide bonds. The number of hydrogen-bond acceptors (Lipinski definition) is 5. The monoisotopic (exact) mass is 381 g/mol. The Morgan fingerprint density at radius 2 is 1.85 bits per heavy atom. The average molecular weight is 381 g/mol. The average Bonchev–Trinajstić information content (AvgIpc) is 2.94. The molecular formula is C19H19N5O2S. The molecule has 4 rings (SSSR count). The topological polar surface area (TPSA) is 73.0 Å². The summed E-state index contributed by atoms with van der Waals surface area (Å²) in [5.41, 5.74) is 1.08. The van der Waals surface area contributed by atoms with E-state index in [0.29, 0.717) is 17.5 Å². The molecule has 1 aliphatic rings. The second-order valence-corrected chi connectivity index (χ2v) is 7.88. The molecule has 0 bridgehead atoms. The minimum atomic E-state index is -0.430. The van der Waals surface area contributed by atoms with Gasteiger partial charge in [0.05, 0.1) is 11.4 Å². The van der Waals surface area contributed by atoms with Crippen molar-refractivity contribution in [3.8, 4) is 5.69 Å². The third kappa shape index (κ3) is 3.52. The minimum absolute atomic E-state index is 0.140. The zero-order chi connectivity index (χ0) is 18.8. The number of carbonyl (C=O) groups excluding carboxylic acids is 1. The molecule has 0 saturated heterocycles. The Morgan fingerprint density at radius 3 is 2.67 bits per heavy atom. The normalized spacial score (nSPS) is 16.6. The van der Waals surface area contributed by atoms with E-state index in [1.165, 1.54) is 4.68 Å². The number of rotatable bonds is 3. The molecular weight excluding hydrogens is 362 g/mol. The third-order valence-electron chi connectivity index (χ3n) is 4.47. The van der Waals surface area contributed by atoms with E-state index in [0.717, 1.165) is 21.7 Å². The van der Waals surface area contributed by atoms with Crippen molar-refractivity contribution in [2.45, 2.75) is 30.0 Å². The summed E-state index contributed by atoms with van der Waals surface area (Å²) in [5.74, 6) is -0.167. The highest BCUT2D eigenvalue weighted by atomic mass is 32.2. The Hall–Kier alpha value is -2.87. The number of hydrogen-bond donors (Lipinski definition) is 0. The van der Waals surface area contributed by atoms with Crippen molar-refractivity contribution < 1.29 is 4.79 Å². The fourth-order valence-corrected chi connectivity index (χ4v) is 4.18. The lowest BCUT2D eigenvalue weighted by Gasteiger charge is -2.22. The van der Waals surface area contributed by atoms with Crippen molar-refractivity contribution in [3.63, 3.8) is 0 Å². The van der Waals surface area contributed by atoms with Crippen LogP contribution in [0.4, 0.5) is 5.69 Å². The summed E-state index contributed by atoms with van der Waals surface area (Å²) in [6.07, 6.45) is 0.886. The van der Waals surface area contributed by atoms with E-state index >= 15 is 0 Å². The first-order valence-electron chi connectivity index (χ1n) is 8.78. The van der Waals surface area contributed by atoms with Crippen LogP contribution in [0.25, 0.3) is 5.69 Å². The Bertz CT molecular complexity index is 1010. The predicted molar refractivity (Wildman–Crippen MR) is 104 cm³/mol. The molecule has 1 aliphatic heterocycles. The quantitative estimate of drug-likeness (QED) is 0.696. The third-order valence-corrected chi connectivity index (χ3v) is 5.71. The number of carbonyl (C=O) groups is 1. The SMILES string of the molecule is C[C@H]1CCN(C(=O)Cn2nnn(-c3ccccc3)c2=O)c2ccccc2S1. The zero-order valence-electron chi connectivity index (χ0n) is 14.9. The van der Waals surface area contributed by atoms with Gasteiger partial charge in [-0.15, -0.1) is 11.8 Å². The van der Waals surface area contributed by atoms with Gasteiger partial charge in [-0.05, 0) is 41.1 Å². The van der Waals surface area contributed by atoms with Crippen LogP contribution in [0.5, 0.6) is 0 Å². The van der Waals surface area contributed by atoms with Crippen LogP contribution in [0.1, 0.15) is 13.3 Å². The highest BCUT2D eigenvalue weighted by molar-refractivity contribution is 8.00. The lowest BCUT2D eigenvalue weighted by molar-refractivity contribution is -0.119. The molecule has 0 fully saturated rings. The van der Waals surface area contributed by atoms with E-state index in [2.05, 4.69) is 17.4 Å². The van der Waals surface area contributed by atoms with Gasteiger partial charge in [-0.2, -0.15) is 9.36 Å².